The Morgan fingerprint density at radius 1 is 0.472 bits per heavy atom. The number of hydrogen-bond donors (Lipinski definition) is 12. The maximum atomic E-state index is 12.8. The molecule has 0 spiro atoms. The number of aliphatic hydroxyl groups excluding tert-OH is 4. The third-order valence-electron chi connectivity index (χ3n) is 9.65. The van der Waals surface area contributed by atoms with E-state index in [2.05, 4.69) is 50.5 Å². The van der Waals surface area contributed by atoms with Crippen molar-refractivity contribution in [3.05, 3.63) is 107 Å². The molecule has 2 aromatic heterocycles. The van der Waals surface area contributed by atoms with Crippen LogP contribution >= 0.6 is 0 Å². The number of rotatable bonds is 22. The fraction of sp³-hybridized carbons (Fsp3) is 0.200. The van der Waals surface area contributed by atoms with E-state index < -0.39 is 60.1 Å². The highest BCUT2D eigenvalue weighted by Gasteiger charge is 2.20. The molecule has 6 rings (SSSR count). The molecule has 6 aromatic rings. The molecule has 32 heteroatoms. The van der Waals surface area contributed by atoms with Gasteiger partial charge in [-0.15, -0.1) is 0 Å². The lowest BCUT2D eigenvalue weighted by molar-refractivity contribution is 0.279. The van der Waals surface area contributed by atoms with Gasteiger partial charge in [-0.05, 0) is 83.9 Å². The first-order valence-electron chi connectivity index (χ1n) is 20.6. The van der Waals surface area contributed by atoms with Crippen LogP contribution in [0.2, 0.25) is 0 Å². The van der Waals surface area contributed by atoms with Crippen molar-refractivity contribution in [2.75, 3.05) is 73.0 Å². The van der Waals surface area contributed by atoms with E-state index >= 15 is 0 Å². The average molecular weight is 1080 g/mol. The zero-order valence-electron chi connectivity index (χ0n) is 36.9. The Hall–Kier alpha value is -7.08. The molecule has 0 bridgehead atoms. The van der Waals surface area contributed by atoms with Gasteiger partial charge < -0.3 is 40.9 Å². The molecule has 0 radical (unpaired) electrons. The molecule has 0 amide bonds. The number of hydrogen-bond acceptors (Lipinski definition) is 22. The molecule has 2 heterocycles. The molecule has 0 aliphatic heterocycles. The lowest BCUT2D eigenvalue weighted by atomic mass is 10.1. The zero-order chi connectivity index (χ0) is 52.4. The number of aromatic nitrogens is 6. The van der Waals surface area contributed by atoms with Gasteiger partial charge in [-0.25, -0.2) is 9.98 Å². The van der Waals surface area contributed by atoms with Crippen molar-refractivity contribution >= 4 is 99.2 Å². The van der Waals surface area contributed by atoms with Gasteiger partial charge in [0.1, 0.15) is 9.79 Å². The monoisotopic (exact) mass is 1080 g/mol. The summed E-state index contributed by atoms with van der Waals surface area (Å²) in [5.74, 6) is -0.277. The normalized spacial score (nSPS) is 12.9. The largest absolute Gasteiger partial charge is 0.395 e. The predicted octanol–water partition coefficient (Wildman–Crippen LogP) is 0.614. The predicted molar refractivity (Wildman–Crippen MR) is 257 cm³/mol. The Kier molecular flexibility index (Phi) is 17.3. The Bertz CT molecular complexity index is 3320. The van der Waals surface area contributed by atoms with Crippen LogP contribution in [-0.4, -0.2) is 155 Å². The summed E-state index contributed by atoms with van der Waals surface area (Å²) < 4.78 is 136. The number of nitrogens with zero attached hydrogens (tertiary/aromatic N) is 8. The molecular weight excluding hydrogens is 1030 g/mol. The first-order valence-corrected chi connectivity index (χ1v) is 26.3. The van der Waals surface area contributed by atoms with Crippen LogP contribution in [0.15, 0.2) is 114 Å². The quantitative estimate of drug-likeness (QED) is 0.0327. The topological polar surface area (TPSA) is 437 Å². The maximum Gasteiger partial charge on any atom is 0.295 e. The Balaban J connectivity index is 1.38. The molecule has 0 fully saturated rings. The summed E-state index contributed by atoms with van der Waals surface area (Å²) >= 11 is 0. The number of benzene rings is 4. The van der Waals surface area contributed by atoms with Gasteiger partial charge in [-0.3, -0.25) is 28.2 Å². The minimum atomic E-state index is -5.04. The van der Waals surface area contributed by atoms with E-state index in [0.29, 0.717) is 0 Å². The minimum absolute atomic E-state index is 0.0144. The molecule has 0 atom stereocenters. The molecule has 0 unspecified atom stereocenters. The number of nitrogens with one attached hydrogen (secondary N) is 4. The fourth-order valence-electron chi connectivity index (χ4n) is 6.42. The van der Waals surface area contributed by atoms with Crippen LogP contribution in [-0.2, 0) is 40.5 Å². The molecule has 72 heavy (non-hydrogen) atoms. The summed E-state index contributed by atoms with van der Waals surface area (Å²) in [6, 6.07) is 16.6. The highest BCUT2D eigenvalue weighted by Crippen LogP contribution is 2.28. The van der Waals surface area contributed by atoms with Gasteiger partial charge in [0.15, 0.2) is 0 Å². The van der Waals surface area contributed by atoms with Crippen molar-refractivity contribution in [2.24, 2.45) is 9.98 Å². The van der Waals surface area contributed by atoms with Crippen molar-refractivity contribution < 1.29 is 72.3 Å². The van der Waals surface area contributed by atoms with Crippen LogP contribution in [0.1, 0.15) is 11.1 Å². The van der Waals surface area contributed by atoms with Gasteiger partial charge in [0.05, 0.1) is 47.6 Å². The standard InChI is InChI=1S/C40H44N12O16S4/c53-19-15-51(16-20-54)39-47-35(41-27-7-11-31(12-8-27)69(57,58)59)45-37(49-39)43-29-5-3-25(33(23-29)71(63,64)65)1-2-26-4-6-30(24-34(26)72(66,67)68)44-38-46-36(48-40(50-38)52(17-21-55)18-22-56)42-28-9-13-32(14-10-28)70(60,61)62/h1-14,23-24,53-56H,15-22H2,(H,57,58,59)(H,60,61,62)(H,63,64,65)(H,66,67,68)(H2,41,43,45,47,49)(H2,42,44,46,48,50)/b2-1+. The lowest BCUT2D eigenvalue weighted by Gasteiger charge is -2.21. The van der Waals surface area contributed by atoms with Crippen molar-refractivity contribution in [1.82, 2.24) is 29.9 Å². The van der Waals surface area contributed by atoms with Crippen molar-refractivity contribution in [1.29, 1.82) is 0 Å². The van der Waals surface area contributed by atoms with E-state index in [4.69, 9.17) is 0 Å². The number of aromatic amines is 2. The van der Waals surface area contributed by atoms with Gasteiger partial charge in [0.2, 0.25) is 35.0 Å². The van der Waals surface area contributed by atoms with Crippen LogP contribution in [0.3, 0.4) is 0 Å². The van der Waals surface area contributed by atoms with Gasteiger partial charge in [-0.1, -0.05) is 24.3 Å². The second kappa shape index (κ2) is 23.0. The van der Waals surface area contributed by atoms with Gasteiger partial charge >= 0.3 is 0 Å². The summed E-state index contributed by atoms with van der Waals surface area (Å²) in [7, 11) is -19.1. The Morgan fingerprint density at radius 2 is 0.806 bits per heavy atom. The summed E-state index contributed by atoms with van der Waals surface area (Å²) in [6.45, 7) is -1.58. The van der Waals surface area contributed by atoms with Crippen LogP contribution in [0.5, 0.6) is 0 Å². The second-order valence-corrected chi connectivity index (χ2v) is 20.3. The van der Waals surface area contributed by atoms with E-state index in [1.54, 1.807) is 0 Å². The van der Waals surface area contributed by atoms with Crippen LogP contribution < -0.4 is 31.7 Å². The van der Waals surface area contributed by atoms with Crippen LogP contribution in [0.25, 0.3) is 12.2 Å². The van der Waals surface area contributed by atoms with E-state index in [1.165, 1.54) is 58.3 Å². The summed E-state index contributed by atoms with van der Waals surface area (Å²) in [5, 5.41) is 44.3. The van der Waals surface area contributed by atoms with Crippen molar-refractivity contribution in [3.8, 4) is 0 Å². The highest BCUT2D eigenvalue weighted by atomic mass is 32.2. The number of H-pyrrole nitrogens is 2. The SMILES string of the molecule is O=S(=O)(O)c1ccc(Nc2nc(N(CCO)CCO)[nH]c(=Nc3ccc(/C=C/c4ccc(N=c5nc(Nc6ccc(S(=O)(=O)O)cc6)nc(N(CCO)CCO)[nH]5)cc4S(=O)(=O)O)c(S(=O)(=O)O)c3)n2)cc1. The zero-order valence-corrected chi connectivity index (χ0v) is 40.2. The summed E-state index contributed by atoms with van der Waals surface area (Å²) in [6.07, 6.45) is 2.25. The van der Waals surface area contributed by atoms with E-state index in [9.17, 15) is 72.3 Å². The molecule has 0 saturated heterocycles. The molecule has 4 aromatic carbocycles. The highest BCUT2D eigenvalue weighted by molar-refractivity contribution is 7.86. The second-order valence-electron chi connectivity index (χ2n) is 14.7. The molecule has 12 N–H and O–H groups in total. The average Bonchev–Trinajstić information content (AvgIpc) is 3.30. The van der Waals surface area contributed by atoms with E-state index in [1.807, 2.05) is 0 Å². The van der Waals surface area contributed by atoms with E-state index in [-0.39, 0.29) is 122 Å². The molecule has 28 nitrogen and oxygen atoms in total. The Morgan fingerprint density at radius 3 is 1.10 bits per heavy atom. The van der Waals surface area contributed by atoms with Gasteiger partial charge in [0, 0.05) is 37.6 Å². The molecular formula is C40H44N12O16S4. The number of aliphatic hydroxyl groups is 4. The van der Waals surface area contributed by atoms with Crippen LogP contribution in [0, 0.1) is 0 Å². The number of anilines is 6. The summed E-state index contributed by atoms with van der Waals surface area (Å²) in [4.78, 5) is 32.2. The third-order valence-corrected chi connectivity index (χ3v) is 13.2. The molecule has 0 aliphatic carbocycles. The Labute approximate surface area is 409 Å². The molecule has 0 saturated carbocycles. The van der Waals surface area contributed by atoms with Crippen molar-refractivity contribution in [3.63, 3.8) is 0 Å². The lowest BCUT2D eigenvalue weighted by Crippen LogP contribution is -2.33. The smallest absolute Gasteiger partial charge is 0.295 e. The van der Waals surface area contributed by atoms with E-state index in [0.717, 1.165) is 48.6 Å². The van der Waals surface area contributed by atoms with Gasteiger partial charge in [0.25, 0.3) is 40.5 Å². The first-order chi connectivity index (χ1) is 34.0. The first kappa shape index (κ1) is 54.3. The van der Waals surface area contributed by atoms with Gasteiger partial charge in [-0.2, -0.15) is 53.6 Å². The minimum Gasteiger partial charge on any atom is -0.395 e. The third kappa shape index (κ3) is 14.7. The molecule has 0 aliphatic rings. The summed E-state index contributed by atoms with van der Waals surface area (Å²) in [5.41, 5.74) is -0.541. The maximum absolute atomic E-state index is 12.8. The van der Waals surface area contributed by atoms with Crippen LogP contribution in [0.4, 0.5) is 46.5 Å². The molecule has 384 valence electrons. The van der Waals surface area contributed by atoms with Crippen molar-refractivity contribution in [2.45, 2.75) is 19.6 Å². The fourth-order valence-corrected chi connectivity index (χ4v) is 8.79.